The lowest BCUT2D eigenvalue weighted by molar-refractivity contribution is -0.132. The highest BCUT2D eigenvalue weighted by Crippen LogP contribution is 2.35. The van der Waals surface area contributed by atoms with Crippen LogP contribution < -0.4 is 10.6 Å². The maximum absolute atomic E-state index is 13.0. The molecule has 176 valence electrons. The van der Waals surface area contributed by atoms with E-state index in [-0.39, 0.29) is 35.3 Å². The summed E-state index contributed by atoms with van der Waals surface area (Å²) in [5.41, 5.74) is 3.52. The highest BCUT2D eigenvalue weighted by Gasteiger charge is 2.20. The zero-order valence-electron chi connectivity index (χ0n) is 19.4. The number of hydrogen-bond donors (Lipinski definition) is 2. The first-order valence-corrected chi connectivity index (χ1v) is 12.2. The minimum atomic E-state index is -0.268. The van der Waals surface area contributed by atoms with Gasteiger partial charge in [0.15, 0.2) is 0 Å². The van der Waals surface area contributed by atoms with E-state index < -0.39 is 0 Å². The van der Waals surface area contributed by atoms with Crippen molar-refractivity contribution >= 4 is 40.9 Å². The molecule has 3 rings (SSSR count). The average molecular weight is 476 g/mol. The molecule has 0 aromatic heterocycles. The molecule has 2 N–H and O–H groups in total. The number of nitrogens with one attached hydrogen (secondary N) is 2. The van der Waals surface area contributed by atoms with Crippen molar-refractivity contribution in [2.75, 3.05) is 29.5 Å². The van der Waals surface area contributed by atoms with Crippen LogP contribution in [0.25, 0.3) is 0 Å². The quantitative estimate of drug-likeness (QED) is 0.435. The Morgan fingerprint density at radius 1 is 0.794 bits per heavy atom. The molecule has 0 spiro atoms. The van der Waals surface area contributed by atoms with Gasteiger partial charge in [0, 0.05) is 24.8 Å². The number of hydrogen-bond acceptors (Lipinski definition) is 4. The van der Waals surface area contributed by atoms with Crippen LogP contribution in [0.2, 0.25) is 0 Å². The van der Waals surface area contributed by atoms with Crippen molar-refractivity contribution in [2.24, 2.45) is 0 Å². The van der Waals surface area contributed by atoms with Crippen molar-refractivity contribution in [1.29, 1.82) is 0 Å². The fourth-order valence-corrected chi connectivity index (χ4v) is 4.67. The summed E-state index contributed by atoms with van der Waals surface area (Å²) < 4.78 is 0. The first-order valence-electron chi connectivity index (χ1n) is 11.1. The van der Waals surface area contributed by atoms with Gasteiger partial charge in [-0.1, -0.05) is 60.7 Å². The van der Waals surface area contributed by atoms with Gasteiger partial charge < -0.3 is 15.5 Å². The van der Waals surface area contributed by atoms with E-state index in [1.165, 1.54) is 6.92 Å². The lowest BCUT2D eigenvalue weighted by atomic mass is 10.0. The summed E-state index contributed by atoms with van der Waals surface area (Å²) in [6.07, 6.45) is 0. The minimum absolute atomic E-state index is 0.0231. The first kappa shape index (κ1) is 25.1. The van der Waals surface area contributed by atoms with E-state index in [2.05, 4.69) is 34.9 Å². The number of nitrogens with zero attached hydrogens (tertiary/aromatic N) is 1. The van der Waals surface area contributed by atoms with Crippen LogP contribution in [0.15, 0.2) is 84.9 Å². The van der Waals surface area contributed by atoms with Gasteiger partial charge in [-0.25, -0.2) is 0 Å². The lowest BCUT2D eigenvalue weighted by Crippen LogP contribution is -2.39. The average Bonchev–Trinajstić information content (AvgIpc) is 2.85. The maximum Gasteiger partial charge on any atom is 0.243 e. The van der Waals surface area contributed by atoms with Crippen molar-refractivity contribution < 1.29 is 14.4 Å². The largest absolute Gasteiger partial charge is 0.333 e. The summed E-state index contributed by atoms with van der Waals surface area (Å²) in [5, 5.41) is 5.52. The van der Waals surface area contributed by atoms with Crippen LogP contribution in [0.4, 0.5) is 11.4 Å². The zero-order valence-corrected chi connectivity index (χ0v) is 20.2. The van der Waals surface area contributed by atoms with Crippen molar-refractivity contribution in [3.05, 3.63) is 96.1 Å². The van der Waals surface area contributed by atoms with Crippen LogP contribution in [0, 0.1) is 0 Å². The number of anilines is 2. The molecule has 0 fully saturated rings. The first-order chi connectivity index (χ1) is 16.5. The van der Waals surface area contributed by atoms with Crippen LogP contribution in [-0.4, -0.2) is 41.5 Å². The summed E-state index contributed by atoms with van der Waals surface area (Å²) in [6, 6.07) is 27.1. The molecule has 0 saturated carbocycles. The SMILES string of the molecule is CCN(CC(=O)Nc1ccc(NC(C)=O)cc1)C(=O)CSC(c1ccccc1)c1ccccc1. The molecule has 0 saturated heterocycles. The van der Waals surface area contributed by atoms with Gasteiger partial charge in [-0.05, 0) is 42.3 Å². The zero-order chi connectivity index (χ0) is 24.3. The highest BCUT2D eigenvalue weighted by atomic mass is 32.2. The smallest absolute Gasteiger partial charge is 0.243 e. The van der Waals surface area contributed by atoms with E-state index in [0.717, 1.165) is 11.1 Å². The number of amides is 3. The third kappa shape index (κ3) is 7.49. The Hall–Kier alpha value is -3.58. The summed E-state index contributed by atoms with van der Waals surface area (Å²) in [5.74, 6) is -0.245. The van der Waals surface area contributed by atoms with Crippen LogP contribution in [0.5, 0.6) is 0 Å². The second-order valence-electron chi connectivity index (χ2n) is 7.73. The minimum Gasteiger partial charge on any atom is -0.333 e. The van der Waals surface area contributed by atoms with Gasteiger partial charge >= 0.3 is 0 Å². The molecular weight excluding hydrogens is 446 g/mol. The van der Waals surface area contributed by atoms with Gasteiger partial charge in [0.2, 0.25) is 17.7 Å². The third-order valence-corrected chi connectivity index (χ3v) is 6.43. The Labute approximate surface area is 204 Å². The van der Waals surface area contributed by atoms with Crippen molar-refractivity contribution in [3.63, 3.8) is 0 Å². The Morgan fingerprint density at radius 2 is 1.29 bits per heavy atom. The number of carbonyl (C=O) groups excluding carboxylic acids is 3. The van der Waals surface area contributed by atoms with Gasteiger partial charge in [0.25, 0.3) is 0 Å². The summed E-state index contributed by atoms with van der Waals surface area (Å²) in [7, 11) is 0. The molecule has 7 heteroatoms. The number of likely N-dealkylation sites (N-methyl/N-ethyl adjacent to an activating group) is 1. The fourth-order valence-electron chi connectivity index (χ4n) is 3.48. The van der Waals surface area contributed by atoms with E-state index in [1.54, 1.807) is 40.9 Å². The second-order valence-corrected chi connectivity index (χ2v) is 8.82. The standard InChI is InChI=1S/C27H29N3O3S/c1-3-30(18-25(32)29-24-16-14-23(15-17-24)28-20(2)31)26(33)19-34-27(21-10-6-4-7-11-21)22-12-8-5-9-13-22/h4-17,27H,3,18-19H2,1-2H3,(H,28,31)(H,29,32). The van der Waals surface area contributed by atoms with Crippen molar-refractivity contribution in [1.82, 2.24) is 4.90 Å². The molecule has 0 aliphatic heterocycles. The molecule has 0 unspecified atom stereocenters. The Morgan fingerprint density at radius 3 is 1.76 bits per heavy atom. The number of benzene rings is 3. The normalized spacial score (nSPS) is 10.6. The molecule has 0 atom stereocenters. The molecule has 3 amide bonds. The van der Waals surface area contributed by atoms with Crippen LogP contribution >= 0.6 is 11.8 Å². The van der Waals surface area contributed by atoms with Gasteiger partial charge in [0.1, 0.15) is 0 Å². The molecule has 0 aliphatic rings. The molecule has 34 heavy (non-hydrogen) atoms. The van der Waals surface area contributed by atoms with E-state index in [0.29, 0.717) is 17.9 Å². The van der Waals surface area contributed by atoms with Gasteiger partial charge in [-0.15, -0.1) is 11.8 Å². The molecule has 3 aromatic carbocycles. The summed E-state index contributed by atoms with van der Waals surface area (Å²) >= 11 is 1.56. The molecule has 0 bridgehead atoms. The highest BCUT2D eigenvalue weighted by molar-refractivity contribution is 8.00. The van der Waals surface area contributed by atoms with Gasteiger partial charge in [0.05, 0.1) is 17.5 Å². The molecule has 0 radical (unpaired) electrons. The predicted molar refractivity (Wildman–Crippen MR) is 139 cm³/mol. The van der Waals surface area contributed by atoms with Crippen molar-refractivity contribution in [2.45, 2.75) is 19.1 Å². The molecule has 0 heterocycles. The third-order valence-electron chi connectivity index (χ3n) is 5.14. The predicted octanol–water partition coefficient (Wildman–Crippen LogP) is 4.95. The van der Waals surface area contributed by atoms with E-state index in [4.69, 9.17) is 0 Å². The van der Waals surface area contributed by atoms with E-state index in [1.807, 2.05) is 43.3 Å². The van der Waals surface area contributed by atoms with Gasteiger partial charge in [-0.3, -0.25) is 14.4 Å². The topological polar surface area (TPSA) is 78.5 Å². The second kappa shape index (κ2) is 12.6. The number of thioether (sulfide) groups is 1. The number of rotatable bonds is 10. The Kier molecular flexibility index (Phi) is 9.29. The molecule has 3 aromatic rings. The maximum atomic E-state index is 13.0. The molecule has 6 nitrogen and oxygen atoms in total. The summed E-state index contributed by atoms with van der Waals surface area (Å²) in [4.78, 5) is 38.2. The Balaban J connectivity index is 1.59. The van der Waals surface area contributed by atoms with Gasteiger partial charge in [-0.2, -0.15) is 0 Å². The number of carbonyl (C=O) groups is 3. The van der Waals surface area contributed by atoms with Crippen molar-refractivity contribution in [3.8, 4) is 0 Å². The van der Waals surface area contributed by atoms with Crippen LogP contribution in [0.1, 0.15) is 30.2 Å². The lowest BCUT2D eigenvalue weighted by Gasteiger charge is -2.23. The molecule has 0 aliphatic carbocycles. The summed E-state index contributed by atoms with van der Waals surface area (Å²) in [6.45, 7) is 3.72. The Bertz CT molecular complexity index is 1050. The van der Waals surface area contributed by atoms with Crippen LogP contribution in [0.3, 0.4) is 0 Å². The van der Waals surface area contributed by atoms with E-state index >= 15 is 0 Å². The molecular formula is C27H29N3O3S. The monoisotopic (exact) mass is 475 g/mol. The van der Waals surface area contributed by atoms with E-state index in [9.17, 15) is 14.4 Å². The fraction of sp³-hybridized carbons (Fsp3) is 0.222. The van der Waals surface area contributed by atoms with Crippen LogP contribution in [-0.2, 0) is 14.4 Å².